The summed E-state index contributed by atoms with van der Waals surface area (Å²) in [6.45, 7) is 0.271. The number of aromatic nitrogens is 1. The van der Waals surface area contributed by atoms with Gasteiger partial charge in [0.2, 0.25) is 5.91 Å². The molecule has 0 radical (unpaired) electrons. The molecule has 1 saturated carbocycles. The summed E-state index contributed by atoms with van der Waals surface area (Å²) in [5, 5.41) is 4.78. The molecule has 0 unspecified atom stereocenters. The van der Waals surface area contributed by atoms with Crippen LogP contribution in [-0.4, -0.2) is 47.6 Å². The lowest BCUT2D eigenvalue weighted by molar-refractivity contribution is -0.165. The molecule has 1 aliphatic carbocycles. The van der Waals surface area contributed by atoms with Crippen LogP contribution in [-0.2, 0) is 20.9 Å². The Kier molecular flexibility index (Phi) is 5.09. The Morgan fingerprint density at radius 3 is 2.78 bits per heavy atom. The number of carbonyl (C=O) groups excluding carboxylic acids is 2. The minimum atomic E-state index is -0.754. The lowest BCUT2D eigenvalue weighted by Gasteiger charge is -2.40. The molecule has 7 nitrogen and oxygen atoms in total. The van der Waals surface area contributed by atoms with Crippen molar-refractivity contribution in [2.24, 2.45) is 0 Å². The molecule has 27 heavy (non-hydrogen) atoms. The van der Waals surface area contributed by atoms with Gasteiger partial charge in [-0.25, -0.2) is 4.98 Å². The summed E-state index contributed by atoms with van der Waals surface area (Å²) >= 11 is 1.48. The van der Waals surface area contributed by atoms with Crippen molar-refractivity contribution in [3.05, 3.63) is 46.4 Å². The largest absolute Gasteiger partial charge is 0.497 e. The SMILES string of the molecule is COc1ccc([C@@H]2[C@@H](C(=O)NCc3cscn3)OCC(=O)N2C2CC2)cc1. The highest BCUT2D eigenvalue weighted by atomic mass is 32.1. The Balaban J connectivity index is 1.58. The maximum atomic E-state index is 12.9. The lowest BCUT2D eigenvalue weighted by Crippen LogP contribution is -2.55. The van der Waals surface area contributed by atoms with E-state index in [1.807, 2.05) is 34.5 Å². The third-order valence-electron chi connectivity index (χ3n) is 4.84. The van der Waals surface area contributed by atoms with Crippen LogP contribution in [0.4, 0.5) is 0 Å². The van der Waals surface area contributed by atoms with E-state index in [2.05, 4.69) is 10.3 Å². The summed E-state index contributed by atoms with van der Waals surface area (Å²) < 4.78 is 10.9. The molecule has 1 aliphatic heterocycles. The maximum absolute atomic E-state index is 12.9. The number of carbonyl (C=O) groups is 2. The Bertz CT molecular complexity index is 805. The van der Waals surface area contributed by atoms with E-state index in [1.54, 1.807) is 12.6 Å². The summed E-state index contributed by atoms with van der Waals surface area (Å²) in [5.74, 6) is 0.424. The summed E-state index contributed by atoms with van der Waals surface area (Å²) in [6, 6.07) is 7.19. The number of methoxy groups -OCH3 is 1. The van der Waals surface area contributed by atoms with Crippen LogP contribution in [0.5, 0.6) is 5.75 Å². The second-order valence-corrected chi connectivity index (χ2v) is 7.40. The number of nitrogens with zero attached hydrogens (tertiary/aromatic N) is 2. The molecule has 1 aromatic heterocycles. The monoisotopic (exact) mass is 387 g/mol. The number of hydrogen-bond donors (Lipinski definition) is 1. The van der Waals surface area contributed by atoms with Crippen molar-refractivity contribution in [3.8, 4) is 5.75 Å². The third kappa shape index (κ3) is 3.81. The van der Waals surface area contributed by atoms with Crippen molar-refractivity contribution in [1.29, 1.82) is 0 Å². The quantitative estimate of drug-likeness (QED) is 0.819. The van der Waals surface area contributed by atoms with Gasteiger partial charge < -0.3 is 19.7 Å². The van der Waals surface area contributed by atoms with Crippen LogP contribution in [0.25, 0.3) is 0 Å². The van der Waals surface area contributed by atoms with Gasteiger partial charge >= 0.3 is 0 Å². The zero-order valence-electron chi connectivity index (χ0n) is 15.0. The number of morpholine rings is 1. The first-order valence-electron chi connectivity index (χ1n) is 8.89. The molecule has 8 heteroatoms. The van der Waals surface area contributed by atoms with E-state index < -0.39 is 12.1 Å². The highest BCUT2D eigenvalue weighted by Gasteiger charge is 2.47. The Morgan fingerprint density at radius 1 is 1.37 bits per heavy atom. The van der Waals surface area contributed by atoms with E-state index in [1.165, 1.54) is 11.3 Å². The molecule has 0 spiro atoms. The maximum Gasteiger partial charge on any atom is 0.252 e. The Hall–Kier alpha value is -2.45. The van der Waals surface area contributed by atoms with Crippen molar-refractivity contribution >= 4 is 23.2 Å². The van der Waals surface area contributed by atoms with E-state index in [4.69, 9.17) is 9.47 Å². The summed E-state index contributed by atoms with van der Waals surface area (Å²) in [6.07, 6.45) is 1.17. The molecule has 1 aromatic carbocycles. The normalized spacial score (nSPS) is 22.6. The number of rotatable bonds is 6. The molecule has 142 valence electrons. The molecular formula is C19H21N3O4S. The van der Waals surface area contributed by atoms with E-state index in [0.717, 1.165) is 29.8 Å². The number of benzene rings is 1. The zero-order valence-corrected chi connectivity index (χ0v) is 15.8. The fourth-order valence-electron chi connectivity index (χ4n) is 3.37. The predicted molar refractivity (Wildman–Crippen MR) is 99.3 cm³/mol. The van der Waals surface area contributed by atoms with Crippen LogP contribution in [0.2, 0.25) is 0 Å². The van der Waals surface area contributed by atoms with Gasteiger partial charge in [0.25, 0.3) is 5.91 Å². The van der Waals surface area contributed by atoms with Crippen LogP contribution < -0.4 is 10.1 Å². The number of thiazole rings is 1. The number of nitrogens with one attached hydrogen (secondary N) is 1. The molecule has 1 N–H and O–H groups in total. The number of hydrogen-bond acceptors (Lipinski definition) is 6. The van der Waals surface area contributed by atoms with Gasteiger partial charge in [-0.15, -0.1) is 11.3 Å². The van der Waals surface area contributed by atoms with E-state index in [-0.39, 0.29) is 24.5 Å². The van der Waals surface area contributed by atoms with Crippen molar-refractivity contribution < 1.29 is 19.1 Å². The molecule has 2 amide bonds. The first-order chi connectivity index (χ1) is 13.2. The van der Waals surface area contributed by atoms with Crippen molar-refractivity contribution in [2.45, 2.75) is 37.6 Å². The minimum absolute atomic E-state index is 0.0677. The first-order valence-corrected chi connectivity index (χ1v) is 9.83. The van der Waals surface area contributed by atoms with E-state index in [0.29, 0.717) is 6.54 Å². The van der Waals surface area contributed by atoms with Gasteiger partial charge in [0, 0.05) is 11.4 Å². The second-order valence-electron chi connectivity index (χ2n) is 6.68. The predicted octanol–water partition coefficient (Wildman–Crippen LogP) is 1.90. The lowest BCUT2D eigenvalue weighted by atomic mass is 9.96. The van der Waals surface area contributed by atoms with Crippen molar-refractivity contribution in [2.75, 3.05) is 13.7 Å². The molecule has 2 aromatic rings. The molecule has 0 bridgehead atoms. The van der Waals surface area contributed by atoms with Gasteiger partial charge in [-0.1, -0.05) is 12.1 Å². The molecule has 2 heterocycles. The second kappa shape index (κ2) is 7.66. The summed E-state index contributed by atoms with van der Waals surface area (Å²) in [4.78, 5) is 31.4. The first kappa shape index (κ1) is 17.9. The molecule has 2 aliphatic rings. The minimum Gasteiger partial charge on any atom is -0.497 e. The van der Waals surface area contributed by atoms with Gasteiger partial charge in [-0.05, 0) is 30.5 Å². The molecule has 4 rings (SSSR count). The standard InChI is InChI=1S/C19H21N3O4S/c1-25-15-6-2-12(3-7-15)17-18(19(24)20-8-13-10-27-11-21-13)26-9-16(23)22(17)14-4-5-14/h2-3,6-7,10-11,14,17-18H,4-5,8-9H2,1H3,(H,20,24)/t17-,18+/m1/s1. The van der Waals surface area contributed by atoms with Gasteiger partial charge in [0.05, 0.1) is 30.9 Å². The Labute approximate surface area is 161 Å². The number of amides is 2. The van der Waals surface area contributed by atoms with E-state index >= 15 is 0 Å². The highest BCUT2D eigenvalue weighted by molar-refractivity contribution is 7.07. The molecule has 2 fully saturated rings. The van der Waals surface area contributed by atoms with Crippen LogP contribution in [0, 0.1) is 0 Å². The van der Waals surface area contributed by atoms with Gasteiger partial charge in [-0.2, -0.15) is 0 Å². The average Bonchev–Trinajstić information content (AvgIpc) is 3.40. The Morgan fingerprint density at radius 2 is 2.15 bits per heavy atom. The van der Waals surface area contributed by atoms with Crippen molar-refractivity contribution in [3.63, 3.8) is 0 Å². The smallest absolute Gasteiger partial charge is 0.252 e. The van der Waals surface area contributed by atoms with Crippen LogP contribution >= 0.6 is 11.3 Å². The van der Waals surface area contributed by atoms with Crippen LogP contribution in [0.3, 0.4) is 0 Å². The van der Waals surface area contributed by atoms with Crippen LogP contribution in [0.1, 0.15) is 30.1 Å². The highest BCUT2D eigenvalue weighted by Crippen LogP contribution is 2.39. The molecule has 2 atom stereocenters. The zero-order chi connectivity index (χ0) is 18.8. The number of ether oxygens (including phenoxy) is 2. The van der Waals surface area contributed by atoms with Gasteiger partial charge in [0.1, 0.15) is 12.4 Å². The molecule has 1 saturated heterocycles. The molecular weight excluding hydrogens is 366 g/mol. The average molecular weight is 387 g/mol. The van der Waals surface area contributed by atoms with Gasteiger partial charge in [-0.3, -0.25) is 9.59 Å². The third-order valence-corrected chi connectivity index (χ3v) is 5.48. The van der Waals surface area contributed by atoms with Crippen LogP contribution in [0.15, 0.2) is 35.2 Å². The topological polar surface area (TPSA) is 80.8 Å². The van der Waals surface area contributed by atoms with Crippen molar-refractivity contribution in [1.82, 2.24) is 15.2 Å². The van der Waals surface area contributed by atoms with E-state index in [9.17, 15) is 9.59 Å². The summed E-state index contributed by atoms with van der Waals surface area (Å²) in [7, 11) is 1.60. The fourth-order valence-corrected chi connectivity index (χ4v) is 3.93. The summed E-state index contributed by atoms with van der Waals surface area (Å²) in [5.41, 5.74) is 3.40. The fraction of sp³-hybridized carbons (Fsp3) is 0.421. The van der Waals surface area contributed by atoms with Gasteiger partial charge in [0.15, 0.2) is 6.10 Å².